The third-order valence-electron chi connectivity index (χ3n) is 3.44. The van der Waals surface area contributed by atoms with E-state index in [0.29, 0.717) is 28.4 Å². The number of alkyl halides is 4. The van der Waals surface area contributed by atoms with E-state index >= 15 is 0 Å². The maximum Gasteiger partial charge on any atom is 0.283 e. The highest BCUT2D eigenvalue weighted by atomic mass is 35.5. The van der Waals surface area contributed by atoms with E-state index in [1.807, 2.05) is 0 Å². The van der Waals surface area contributed by atoms with E-state index in [2.05, 4.69) is 15.5 Å². The van der Waals surface area contributed by atoms with Gasteiger partial charge in [0, 0.05) is 19.3 Å². The summed E-state index contributed by atoms with van der Waals surface area (Å²) in [6, 6.07) is 0. The Kier molecular flexibility index (Phi) is 6.87. The van der Waals surface area contributed by atoms with Crippen molar-refractivity contribution in [2.24, 2.45) is 0 Å². The fourth-order valence-electron chi connectivity index (χ4n) is 2.21. The molecule has 6 nitrogen and oxygen atoms in total. The molecule has 0 saturated heterocycles. The van der Waals surface area contributed by atoms with Gasteiger partial charge < -0.3 is 5.32 Å². The summed E-state index contributed by atoms with van der Waals surface area (Å²) in [6.07, 6.45) is -4.10. The zero-order valence-corrected chi connectivity index (χ0v) is 15.0. The van der Waals surface area contributed by atoms with Gasteiger partial charge in [0.2, 0.25) is 5.91 Å². The number of hydrogen-bond donors (Lipinski definition) is 1. The van der Waals surface area contributed by atoms with Gasteiger partial charge in [-0.2, -0.15) is 10.2 Å². The molecule has 0 spiro atoms. The van der Waals surface area contributed by atoms with Gasteiger partial charge in [0.25, 0.3) is 12.9 Å². The lowest BCUT2D eigenvalue weighted by atomic mass is 10.3. The molecule has 0 unspecified atom stereocenters. The molecule has 1 amide bonds. The number of halogens is 6. The Hall–Kier alpha value is -1.81. The fourth-order valence-corrected chi connectivity index (χ4v) is 2.66. The predicted octanol–water partition coefficient (Wildman–Crippen LogP) is 3.78. The van der Waals surface area contributed by atoms with Crippen molar-refractivity contribution in [1.29, 1.82) is 0 Å². The summed E-state index contributed by atoms with van der Waals surface area (Å²) in [5.41, 5.74) is -1.19. The lowest BCUT2D eigenvalue weighted by Gasteiger charge is -2.08. The first-order valence-electron chi connectivity index (χ1n) is 7.49. The average Bonchev–Trinajstić information content (AvgIpc) is 3.03. The monoisotopic (exact) mass is 415 g/mol. The van der Waals surface area contributed by atoms with Gasteiger partial charge in [0.1, 0.15) is 17.9 Å². The summed E-state index contributed by atoms with van der Waals surface area (Å²) < 4.78 is 53.6. The predicted molar refractivity (Wildman–Crippen MR) is 86.8 cm³/mol. The molecular formula is C14H15Cl2F4N5O. The third kappa shape index (κ3) is 4.88. The number of nitrogens with one attached hydrogen (secondary N) is 1. The molecule has 1 N–H and O–H groups in total. The highest BCUT2D eigenvalue weighted by Crippen LogP contribution is 2.34. The van der Waals surface area contributed by atoms with Crippen molar-refractivity contribution in [2.45, 2.75) is 39.3 Å². The molecule has 0 aliphatic carbocycles. The van der Waals surface area contributed by atoms with Crippen LogP contribution in [0, 0.1) is 6.92 Å². The Morgan fingerprint density at radius 2 is 1.92 bits per heavy atom. The molecule has 26 heavy (non-hydrogen) atoms. The number of nitrogens with zero attached hydrogens (tertiary/aromatic N) is 4. The standard InChI is InChI=1S/C14H15Cl2F4N5O/c1-7-8(15)5-24(22-7)4-2-3-21-9(26)6-25-12(14(19)20)10(16)11(23-25)13(17)18/h5,13-14H,2-4,6H2,1H3,(H,21,26). The van der Waals surface area contributed by atoms with Crippen molar-refractivity contribution in [3.63, 3.8) is 0 Å². The molecule has 0 atom stereocenters. The highest BCUT2D eigenvalue weighted by Gasteiger charge is 2.28. The highest BCUT2D eigenvalue weighted by molar-refractivity contribution is 6.32. The number of amides is 1. The van der Waals surface area contributed by atoms with Gasteiger partial charge in [-0.25, -0.2) is 17.6 Å². The van der Waals surface area contributed by atoms with Crippen LogP contribution in [0.3, 0.4) is 0 Å². The molecule has 0 fully saturated rings. The number of aromatic nitrogens is 4. The molecule has 2 rings (SSSR count). The largest absolute Gasteiger partial charge is 0.354 e. The summed E-state index contributed by atoms with van der Waals surface area (Å²) in [7, 11) is 0. The molecule has 0 aromatic carbocycles. The normalized spacial score (nSPS) is 11.6. The molecule has 0 bridgehead atoms. The fraction of sp³-hybridized carbons (Fsp3) is 0.500. The Balaban J connectivity index is 1.90. The van der Waals surface area contributed by atoms with Crippen LogP contribution < -0.4 is 5.32 Å². The third-order valence-corrected chi connectivity index (χ3v) is 4.19. The maximum absolute atomic E-state index is 13.0. The topological polar surface area (TPSA) is 64.7 Å². The first-order valence-corrected chi connectivity index (χ1v) is 8.25. The zero-order chi connectivity index (χ0) is 19.4. The van der Waals surface area contributed by atoms with E-state index < -0.39 is 41.7 Å². The van der Waals surface area contributed by atoms with Gasteiger partial charge in [-0.3, -0.25) is 14.2 Å². The number of hydrogen-bond acceptors (Lipinski definition) is 3. The minimum atomic E-state index is -3.14. The van der Waals surface area contributed by atoms with Crippen molar-refractivity contribution in [2.75, 3.05) is 6.54 Å². The van der Waals surface area contributed by atoms with E-state index in [1.165, 1.54) is 0 Å². The van der Waals surface area contributed by atoms with Gasteiger partial charge in [-0.15, -0.1) is 0 Å². The summed E-state index contributed by atoms with van der Waals surface area (Å²) in [5, 5.41) is 9.67. The van der Waals surface area contributed by atoms with Crippen molar-refractivity contribution >= 4 is 29.1 Å². The van der Waals surface area contributed by atoms with Crippen LogP contribution in [0.25, 0.3) is 0 Å². The van der Waals surface area contributed by atoms with Gasteiger partial charge in [0.05, 0.1) is 15.7 Å². The van der Waals surface area contributed by atoms with Gasteiger partial charge >= 0.3 is 0 Å². The van der Waals surface area contributed by atoms with Crippen molar-refractivity contribution < 1.29 is 22.4 Å². The van der Waals surface area contributed by atoms with E-state index in [9.17, 15) is 22.4 Å². The average molecular weight is 416 g/mol. The van der Waals surface area contributed by atoms with Crippen LogP contribution in [0.2, 0.25) is 10.0 Å². The molecule has 12 heteroatoms. The second-order valence-electron chi connectivity index (χ2n) is 5.37. The Morgan fingerprint density at radius 1 is 1.23 bits per heavy atom. The molecule has 0 aliphatic heterocycles. The molecule has 0 radical (unpaired) electrons. The second kappa shape index (κ2) is 8.72. The van der Waals surface area contributed by atoms with Crippen LogP contribution >= 0.6 is 23.2 Å². The minimum Gasteiger partial charge on any atom is -0.354 e. The minimum absolute atomic E-state index is 0.232. The van der Waals surface area contributed by atoms with Crippen LogP contribution in [0.15, 0.2) is 6.20 Å². The summed E-state index contributed by atoms with van der Waals surface area (Å²) >= 11 is 11.4. The second-order valence-corrected chi connectivity index (χ2v) is 6.16. The van der Waals surface area contributed by atoms with Gasteiger partial charge in [-0.1, -0.05) is 23.2 Å². The molecule has 0 aliphatic rings. The smallest absolute Gasteiger partial charge is 0.283 e. The van der Waals surface area contributed by atoms with Crippen LogP contribution in [0.5, 0.6) is 0 Å². The van der Waals surface area contributed by atoms with Crippen LogP contribution in [-0.2, 0) is 17.9 Å². The van der Waals surface area contributed by atoms with Crippen molar-refractivity contribution in [3.05, 3.63) is 33.3 Å². The lowest BCUT2D eigenvalue weighted by molar-refractivity contribution is -0.121. The molecule has 2 heterocycles. The van der Waals surface area contributed by atoms with Crippen molar-refractivity contribution in [3.8, 4) is 0 Å². The van der Waals surface area contributed by atoms with E-state index in [0.717, 1.165) is 0 Å². The SMILES string of the molecule is Cc1nn(CCCNC(=O)Cn2nc(C(F)F)c(Cl)c2C(F)F)cc1Cl. The molecule has 0 saturated carbocycles. The molecule has 2 aromatic heterocycles. The summed E-state index contributed by atoms with van der Waals surface area (Å²) in [6.45, 7) is 1.83. The zero-order valence-electron chi connectivity index (χ0n) is 13.5. The lowest BCUT2D eigenvalue weighted by Crippen LogP contribution is -2.30. The van der Waals surface area contributed by atoms with E-state index in [1.54, 1.807) is 17.8 Å². The van der Waals surface area contributed by atoms with E-state index in [4.69, 9.17) is 23.2 Å². The Labute approximate surface area is 156 Å². The first kappa shape index (κ1) is 20.5. The van der Waals surface area contributed by atoms with Gasteiger partial charge in [-0.05, 0) is 13.3 Å². The molecule has 2 aromatic rings. The molecule has 144 valence electrons. The summed E-state index contributed by atoms with van der Waals surface area (Å²) in [4.78, 5) is 11.9. The van der Waals surface area contributed by atoms with Crippen molar-refractivity contribution in [1.82, 2.24) is 24.9 Å². The summed E-state index contributed by atoms with van der Waals surface area (Å²) in [5.74, 6) is -0.651. The Bertz CT molecular complexity index is 758. The van der Waals surface area contributed by atoms with Crippen LogP contribution in [0.1, 0.15) is 36.4 Å². The van der Waals surface area contributed by atoms with Crippen LogP contribution in [0.4, 0.5) is 17.6 Å². The quantitative estimate of drug-likeness (QED) is 0.527. The maximum atomic E-state index is 13.0. The Morgan fingerprint density at radius 3 is 2.46 bits per heavy atom. The number of carbonyl (C=O) groups is 1. The number of aryl methyl sites for hydroxylation is 2. The number of rotatable bonds is 8. The first-order chi connectivity index (χ1) is 12.2. The number of carbonyl (C=O) groups excluding carboxylic acids is 1. The van der Waals surface area contributed by atoms with Crippen LogP contribution in [-0.4, -0.2) is 32.0 Å². The van der Waals surface area contributed by atoms with Gasteiger partial charge in [0.15, 0.2) is 0 Å². The molecular weight excluding hydrogens is 401 g/mol. The van der Waals surface area contributed by atoms with E-state index in [-0.39, 0.29) is 6.54 Å².